The Labute approximate surface area is 102 Å². The molecule has 0 fully saturated rings. The minimum atomic E-state index is -0.324. The molecule has 0 bridgehead atoms. The first-order chi connectivity index (χ1) is 8.74. The van der Waals surface area contributed by atoms with Gasteiger partial charge in [-0.2, -0.15) is 5.10 Å². The highest BCUT2D eigenvalue weighted by Crippen LogP contribution is 2.14. The number of hydrogen-bond acceptors (Lipinski definition) is 3. The molecule has 2 heterocycles. The molecule has 0 spiro atoms. The third kappa shape index (κ3) is 1.75. The average molecular weight is 241 g/mol. The van der Waals surface area contributed by atoms with Crippen LogP contribution in [0.3, 0.4) is 0 Å². The van der Waals surface area contributed by atoms with Crippen LogP contribution in [0.4, 0.5) is 4.39 Å². The highest BCUT2D eigenvalue weighted by Gasteiger charge is 2.10. The number of aromatic nitrogens is 3. The van der Waals surface area contributed by atoms with Crippen molar-refractivity contribution in [2.24, 2.45) is 0 Å². The van der Waals surface area contributed by atoms with Gasteiger partial charge in [0.1, 0.15) is 11.5 Å². The molecule has 0 aliphatic carbocycles. The Morgan fingerprint density at radius 1 is 1.22 bits per heavy atom. The minimum absolute atomic E-state index is 0.276. The smallest absolute Gasteiger partial charge is 0.265 e. The molecule has 0 amide bonds. The van der Waals surface area contributed by atoms with E-state index in [1.807, 2.05) is 0 Å². The number of carbonyl (C=O) groups is 1. The topological polar surface area (TPSA) is 47.8 Å². The van der Waals surface area contributed by atoms with E-state index in [2.05, 4.69) is 10.1 Å². The first-order valence-electron chi connectivity index (χ1n) is 5.35. The van der Waals surface area contributed by atoms with Gasteiger partial charge >= 0.3 is 0 Å². The Kier molecular flexibility index (Phi) is 2.37. The van der Waals surface area contributed by atoms with Gasteiger partial charge in [0.05, 0.1) is 5.52 Å². The zero-order chi connectivity index (χ0) is 12.5. The molecule has 0 aliphatic rings. The third-order valence-corrected chi connectivity index (χ3v) is 2.58. The number of fused-ring (bicyclic) bond motifs is 1. The van der Waals surface area contributed by atoms with Crippen LogP contribution in [0.2, 0.25) is 0 Å². The van der Waals surface area contributed by atoms with E-state index in [0.29, 0.717) is 10.9 Å². The zero-order valence-corrected chi connectivity index (χ0v) is 9.25. The molecule has 0 unspecified atom stereocenters. The van der Waals surface area contributed by atoms with Crippen molar-refractivity contribution in [3.05, 3.63) is 60.3 Å². The van der Waals surface area contributed by atoms with Crippen molar-refractivity contribution in [1.29, 1.82) is 0 Å². The summed E-state index contributed by atoms with van der Waals surface area (Å²) in [4.78, 5) is 16.2. The Hall–Kier alpha value is -2.56. The van der Waals surface area contributed by atoms with E-state index in [0.717, 1.165) is 0 Å². The molecule has 0 radical (unpaired) electrons. The van der Waals surface area contributed by atoms with Gasteiger partial charge in [-0.1, -0.05) is 6.07 Å². The molecule has 0 N–H and O–H groups in total. The molecular weight excluding hydrogens is 233 g/mol. The van der Waals surface area contributed by atoms with Gasteiger partial charge in [0.25, 0.3) is 5.91 Å². The number of rotatable bonds is 1. The lowest BCUT2D eigenvalue weighted by Crippen LogP contribution is -2.13. The first-order valence-corrected chi connectivity index (χ1v) is 5.35. The van der Waals surface area contributed by atoms with Crippen LogP contribution in [0, 0.1) is 5.82 Å². The van der Waals surface area contributed by atoms with Crippen LogP contribution in [0.5, 0.6) is 0 Å². The first kappa shape index (κ1) is 10.6. The second-order valence-corrected chi connectivity index (χ2v) is 3.79. The van der Waals surface area contributed by atoms with Crippen molar-refractivity contribution in [3.63, 3.8) is 0 Å². The number of carbonyl (C=O) groups excluding carboxylic acids is 1. The van der Waals surface area contributed by atoms with Gasteiger partial charge in [-0.15, -0.1) is 0 Å². The molecule has 18 heavy (non-hydrogen) atoms. The SMILES string of the molecule is O=C(c1ccc2cc(F)ccc2n1)n1cccn1. The van der Waals surface area contributed by atoms with Gasteiger partial charge in [-0.05, 0) is 30.3 Å². The fourth-order valence-electron chi connectivity index (χ4n) is 1.72. The summed E-state index contributed by atoms with van der Waals surface area (Å²) in [7, 11) is 0. The summed E-state index contributed by atoms with van der Waals surface area (Å²) in [5.74, 6) is -0.637. The molecule has 3 aromatic rings. The summed E-state index contributed by atoms with van der Waals surface area (Å²) in [5, 5.41) is 4.51. The molecule has 0 aliphatic heterocycles. The molecule has 3 rings (SSSR count). The molecule has 1 aromatic carbocycles. The molecular formula is C13H8FN3O. The van der Waals surface area contributed by atoms with Crippen molar-refractivity contribution < 1.29 is 9.18 Å². The zero-order valence-electron chi connectivity index (χ0n) is 9.25. The van der Waals surface area contributed by atoms with Crippen LogP contribution in [-0.4, -0.2) is 20.7 Å². The minimum Gasteiger partial charge on any atom is -0.265 e. The second kappa shape index (κ2) is 4.03. The largest absolute Gasteiger partial charge is 0.296 e. The molecule has 2 aromatic heterocycles. The summed E-state index contributed by atoms with van der Waals surface area (Å²) >= 11 is 0. The van der Waals surface area contributed by atoms with E-state index in [-0.39, 0.29) is 17.4 Å². The van der Waals surface area contributed by atoms with Gasteiger partial charge in [0.2, 0.25) is 0 Å². The summed E-state index contributed by atoms with van der Waals surface area (Å²) in [6.45, 7) is 0. The fourth-order valence-corrected chi connectivity index (χ4v) is 1.72. The van der Waals surface area contributed by atoms with Crippen LogP contribution in [0.1, 0.15) is 10.5 Å². The van der Waals surface area contributed by atoms with E-state index in [9.17, 15) is 9.18 Å². The Bertz CT molecular complexity index is 722. The van der Waals surface area contributed by atoms with Gasteiger partial charge < -0.3 is 0 Å². The molecule has 88 valence electrons. The van der Waals surface area contributed by atoms with Crippen molar-refractivity contribution in [2.75, 3.05) is 0 Å². The fraction of sp³-hybridized carbons (Fsp3) is 0. The lowest BCUT2D eigenvalue weighted by atomic mass is 10.2. The predicted octanol–water partition coefficient (Wildman–Crippen LogP) is 2.26. The van der Waals surface area contributed by atoms with Crippen LogP contribution in [-0.2, 0) is 0 Å². The van der Waals surface area contributed by atoms with Crippen LogP contribution in [0.15, 0.2) is 48.8 Å². The maximum Gasteiger partial charge on any atom is 0.296 e. The third-order valence-electron chi connectivity index (χ3n) is 2.58. The lowest BCUT2D eigenvalue weighted by Gasteiger charge is -2.02. The summed E-state index contributed by atoms with van der Waals surface area (Å²) < 4.78 is 14.2. The van der Waals surface area contributed by atoms with Crippen molar-refractivity contribution >= 4 is 16.8 Å². The Morgan fingerprint density at radius 2 is 2.11 bits per heavy atom. The quantitative estimate of drug-likeness (QED) is 0.656. The second-order valence-electron chi connectivity index (χ2n) is 3.79. The maximum absolute atomic E-state index is 13.0. The molecule has 0 atom stereocenters. The number of pyridine rings is 1. The number of hydrogen-bond donors (Lipinski definition) is 0. The van der Waals surface area contributed by atoms with E-state index in [1.165, 1.54) is 23.0 Å². The van der Waals surface area contributed by atoms with Gasteiger partial charge in [0.15, 0.2) is 0 Å². The van der Waals surface area contributed by atoms with E-state index in [4.69, 9.17) is 0 Å². The summed E-state index contributed by atoms with van der Waals surface area (Å²) in [6, 6.07) is 9.13. The van der Waals surface area contributed by atoms with Crippen molar-refractivity contribution in [2.45, 2.75) is 0 Å². The van der Waals surface area contributed by atoms with E-state index in [1.54, 1.807) is 30.5 Å². The number of benzene rings is 1. The highest BCUT2D eigenvalue weighted by molar-refractivity contribution is 5.95. The van der Waals surface area contributed by atoms with E-state index >= 15 is 0 Å². The van der Waals surface area contributed by atoms with Gasteiger partial charge in [0, 0.05) is 17.8 Å². The molecule has 0 saturated carbocycles. The molecule has 0 saturated heterocycles. The van der Waals surface area contributed by atoms with Crippen molar-refractivity contribution in [3.8, 4) is 0 Å². The lowest BCUT2D eigenvalue weighted by molar-refractivity contribution is 0.0940. The standard InChI is InChI=1S/C13H8FN3O/c14-10-3-5-11-9(8-10)2-4-12(16-11)13(18)17-7-1-6-15-17/h1-8H. The van der Waals surface area contributed by atoms with Crippen LogP contribution in [0.25, 0.3) is 10.9 Å². The summed E-state index contributed by atoms with van der Waals surface area (Å²) in [5.41, 5.74) is 0.854. The Balaban J connectivity index is 2.09. The highest BCUT2D eigenvalue weighted by atomic mass is 19.1. The monoisotopic (exact) mass is 241 g/mol. The van der Waals surface area contributed by atoms with Crippen molar-refractivity contribution in [1.82, 2.24) is 14.8 Å². The molecule has 4 nitrogen and oxygen atoms in total. The number of halogens is 1. The van der Waals surface area contributed by atoms with Gasteiger partial charge in [-0.3, -0.25) is 4.79 Å². The summed E-state index contributed by atoms with van der Waals surface area (Å²) in [6.07, 6.45) is 3.08. The predicted molar refractivity (Wildman–Crippen MR) is 63.7 cm³/mol. The Morgan fingerprint density at radius 3 is 2.89 bits per heavy atom. The normalized spacial score (nSPS) is 10.7. The number of nitrogens with zero attached hydrogens (tertiary/aromatic N) is 3. The van der Waals surface area contributed by atoms with E-state index < -0.39 is 0 Å². The molecule has 5 heteroatoms. The van der Waals surface area contributed by atoms with Gasteiger partial charge in [-0.25, -0.2) is 14.1 Å². The van der Waals surface area contributed by atoms with Crippen LogP contribution < -0.4 is 0 Å². The maximum atomic E-state index is 13.0. The van der Waals surface area contributed by atoms with Crippen LogP contribution >= 0.6 is 0 Å². The average Bonchev–Trinajstić information content (AvgIpc) is 2.91.